The van der Waals surface area contributed by atoms with E-state index >= 15 is 0 Å². The number of hydrogen-bond donors (Lipinski definition) is 1. The molecule has 3 atom stereocenters. The molecule has 9 heteroatoms. The van der Waals surface area contributed by atoms with Crippen LogP contribution in [0.3, 0.4) is 0 Å². The monoisotopic (exact) mass is 526 g/mol. The Bertz CT molecular complexity index is 1210. The van der Waals surface area contributed by atoms with Crippen molar-refractivity contribution in [2.75, 3.05) is 6.61 Å². The second-order valence-electron chi connectivity index (χ2n) is 9.12. The average molecular weight is 527 g/mol. The number of rotatable bonds is 2. The number of fused-ring (bicyclic) bond motifs is 4. The minimum Gasteiger partial charge on any atom is -0.492 e. The Balaban J connectivity index is 1.66. The standard InChI is InChI=1S/C24H23BrF4N2O2/c1-2-22-8-9-23(32,24(27,28)29)12-15(22)7-10-33-21-18(22)11-14-13-30-31(20(14)19(21)25)17-5-3-16(26)4-6-17/h3-6,11,13,15,32H,2,7-10,12H2,1H3. The third kappa shape index (κ3) is 3.38. The highest BCUT2D eigenvalue weighted by molar-refractivity contribution is 9.10. The summed E-state index contributed by atoms with van der Waals surface area (Å²) in [7, 11) is 0. The van der Waals surface area contributed by atoms with Crippen LogP contribution in [0.5, 0.6) is 5.75 Å². The minimum atomic E-state index is -4.66. The van der Waals surface area contributed by atoms with E-state index in [0.717, 1.165) is 16.5 Å². The van der Waals surface area contributed by atoms with Crippen molar-refractivity contribution in [1.29, 1.82) is 0 Å². The summed E-state index contributed by atoms with van der Waals surface area (Å²) in [5.74, 6) is -0.118. The third-order valence-electron chi connectivity index (χ3n) is 7.58. The van der Waals surface area contributed by atoms with Gasteiger partial charge in [0.15, 0.2) is 5.60 Å². The molecule has 3 aromatic rings. The highest BCUT2D eigenvalue weighted by Crippen LogP contribution is 2.58. The highest BCUT2D eigenvalue weighted by atomic mass is 79.9. The Kier molecular flexibility index (Phi) is 5.28. The number of halogens is 5. The van der Waals surface area contributed by atoms with Crippen molar-refractivity contribution in [2.45, 2.75) is 56.2 Å². The summed E-state index contributed by atoms with van der Waals surface area (Å²) in [6, 6.07) is 7.93. The fourth-order valence-electron chi connectivity index (χ4n) is 5.71. The number of hydrogen-bond acceptors (Lipinski definition) is 3. The largest absolute Gasteiger partial charge is 0.492 e. The van der Waals surface area contributed by atoms with Gasteiger partial charge >= 0.3 is 6.18 Å². The normalized spacial score (nSPS) is 27.5. The van der Waals surface area contributed by atoms with E-state index < -0.39 is 17.2 Å². The molecule has 0 radical (unpaired) electrons. The Morgan fingerprint density at radius 3 is 2.64 bits per heavy atom. The zero-order chi connectivity index (χ0) is 23.6. The van der Waals surface area contributed by atoms with Gasteiger partial charge in [-0.15, -0.1) is 0 Å². The van der Waals surface area contributed by atoms with Crippen LogP contribution in [0.1, 0.15) is 44.6 Å². The van der Waals surface area contributed by atoms with Crippen LogP contribution in [-0.2, 0) is 5.41 Å². The SMILES string of the molecule is CCC12CCC(O)(C(F)(F)F)CC1CCOc1c2cc2cnn(-c3ccc(F)cc3)c2c1Br. The van der Waals surface area contributed by atoms with Gasteiger partial charge in [-0.2, -0.15) is 18.3 Å². The van der Waals surface area contributed by atoms with Crippen molar-refractivity contribution in [3.05, 3.63) is 52.4 Å². The molecular formula is C24H23BrF4N2O2. The first-order valence-electron chi connectivity index (χ1n) is 11.0. The summed E-state index contributed by atoms with van der Waals surface area (Å²) >= 11 is 3.68. The summed E-state index contributed by atoms with van der Waals surface area (Å²) < 4.78 is 62.8. The number of nitrogens with zero attached hydrogens (tertiary/aromatic N) is 2. The van der Waals surface area contributed by atoms with Crippen LogP contribution >= 0.6 is 15.9 Å². The maximum Gasteiger partial charge on any atom is 0.417 e. The molecule has 3 unspecified atom stereocenters. The molecule has 0 saturated heterocycles. The van der Waals surface area contributed by atoms with Crippen LogP contribution in [0.4, 0.5) is 17.6 Å². The van der Waals surface area contributed by atoms with Gasteiger partial charge in [-0.3, -0.25) is 0 Å². The molecule has 1 saturated carbocycles. The summed E-state index contributed by atoms with van der Waals surface area (Å²) in [6.07, 6.45) is -2.38. The number of benzene rings is 2. The fraction of sp³-hybridized carbons (Fsp3) is 0.458. The van der Waals surface area contributed by atoms with Crippen molar-refractivity contribution in [2.24, 2.45) is 5.92 Å². The fourth-order valence-corrected chi connectivity index (χ4v) is 6.44. The Morgan fingerprint density at radius 1 is 1.24 bits per heavy atom. The van der Waals surface area contributed by atoms with Gasteiger partial charge < -0.3 is 9.84 Å². The molecule has 4 nitrogen and oxygen atoms in total. The lowest BCUT2D eigenvalue weighted by atomic mass is 9.57. The van der Waals surface area contributed by atoms with Crippen molar-refractivity contribution >= 4 is 26.8 Å². The lowest BCUT2D eigenvalue weighted by molar-refractivity contribution is -0.279. The van der Waals surface area contributed by atoms with Gasteiger partial charge in [0.05, 0.1) is 28.5 Å². The summed E-state index contributed by atoms with van der Waals surface area (Å²) in [5, 5.41) is 15.7. The van der Waals surface area contributed by atoms with Crippen molar-refractivity contribution in [3.8, 4) is 11.4 Å². The number of ether oxygens (including phenoxy) is 1. The second-order valence-corrected chi connectivity index (χ2v) is 9.91. The Labute approximate surface area is 196 Å². The van der Waals surface area contributed by atoms with Crippen LogP contribution in [-0.4, -0.2) is 33.3 Å². The molecule has 176 valence electrons. The number of aliphatic hydroxyl groups is 1. The average Bonchev–Trinajstić information content (AvgIpc) is 3.12. The first-order chi connectivity index (χ1) is 15.6. The van der Waals surface area contributed by atoms with E-state index in [0.29, 0.717) is 28.8 Å². The molecule has 1 aromatic heterocycles. The Morgan fingerprint density at radius 2 is 1.97 bits per heavy atom. The molecule has 0 amide bonds. The van der Waals surface area contributed by atoms with Crippen LogP contribution in [0, 0.1) is 11.7 Å². The molecule has 2 aromatic carbocycles. The molecule has 1 aliphatic heterocycles. The zero-order valence-electron chi connectivity index (χ0n) is 17.9. The zero-order valence-corrected chi connectivity index (χ0v) is 19.5. The van der Waals surface area contributed by atoms with E-state index in [1.165, 1.54) is 12.1 Å². The first kappa shape index (κ1) is 22.7. The topological polar surface area (TPSA) is 47.3 Å². The van der Waals surface area contributed by atoms with E-state index in [4.69, 9.17) is 4.74 Å². The molecule has 0 bridgehead atoms. The van der Waals surface area contributed by atoms with Crippen LogP contribution < -0.4 is 4.74 Å². The highest BCUT2D eigenvalue weighted by Gasteiger charge is 2.61. The van der Waals surface area contributed by atoms with Gasteiger partial charge in [0, 0.05) is 16.4 Å². The molecule has 1 fully saturated rings. The summed E-state index contributed by atoms with van der Waals surface area (Å²) in [5.41, 5.74) is -0.938. The molecular weight excluding hydrogens is 504 g/mol. The molecule has 5 rings (SSSR count). The van der Waals surface area contributed by atoms with Gasteiger partial charge in [0.2, 0.25) is 0 Å². The van der Waals surface area contributed by atoms with Gasteiger partial charge in [-0.05, 0) is 84.3 Å². The molecule has 1 aliphatic carbocycles. The lowest BCUT2D eigenvalue weighted by Crippen LogP contribution is -2.54. The number of aromatic nitrogens is 2. The van der Waals surface area contributed by atoms with Crippen LogP contribution in [0.15, 0.2) is 41.0 Å². The van der Waals surface area contributed by atoms with Crippen LogP contribution in [0.2, 0.25) is 0 Å². The molecule has 33 heavy (non-hydrogen) atoms. The maximum atomic E-state index is 13.6. The predicted molar refractivity (Wildman–Crippen MR) is 119 cm³/mol. The van der Waals surface area contributed by atoms with Gasteiger partial charge in [-0.1, -0.05) is 6.92 Å². The first-order valence-corrected chi connectivity index (χ1v) is 11.8. The van der Waals surface area contributed by atoms with Gasteiger partial charge in [-0.25, -0.2) is 9.07 Å². The minimum absolute atomic E-state index is 0.213. The maximum absolute atomic E-state index is 13.6. The van der Waals surface area contributed by atoms with Gasteiger partial charge in [0.1, 0.15) is 11.6 Å². The molecule has 1 N–H and O–H groups in total. The quantitative estimate of drug-likeness (QED) is 0.390. The molecule has 2 heterocycles. The van der Waals surface area contributed by atoms with E-state index in [1.807, 2.05) is 13.0 Å². The van der Waals surface area contributed by atoms with Crippen molar-refractivity contribution in [3.63, 3.8) is 0 Å². The van der Waals surface area contributed by atoms with Crippen molar-refractivity contribution in [1.82, 2.24) is 9.78 Å². The lowest BCUT2D eigenvalue weighted by Gasteiger charge is -2.49. The van der Waals surface area contributed by atoms with E-state index in [9.17, 15) is 22.7 Å². The van der Waals surface area contributed by atoms with Gasteiger partial charge in [0.25, 0.3) is 0 Å². The van der Waals surface area contributed by atoms with E-state index in [2.05, 4.69) is 21.0 Å². The van der Waals surface area contributed by atoms with E-state index in [1.54, 1.807) is 23.0 Å². The summed E-state index contributed by atoms with van der Waals surface area (Å²) in [6.45, 7) is 2.24. The second kappa shape index (κ2) is 7.70. The number of alkyl halides is 3. The Hall–Kier alpha value is -2.13. The van der Waals surface area contributed by atoms with Crippen LogP contribution in [0.25, 0.3) is 16.6 Å². The predicted octanol–water partition coefficient (Wildman–Crippen LogP) is 6.45. The van der Waals surface area contributed by atoms with Crippen molar-refractivity contribution < 1.29 is 27.4 Å². The molecule has 2 aliphatic rings. The summed E-state index contributed by atoms with van der Waals surface area (Å²) in [4.78, 5) is 0. The van der Waals surface area contributed by atoms with E-state index in [-0.39, 0.29) is 37.6 Å². The smallest absolute Gasteiger partial charge is 0.417 e. The third-order valence-corrected chi connectivity index (χ3v) is 8.31. The molecule has 0 spiro atoms.